The van der Waals surface area contributed by atoms with Crippen molar-refractivity contribution in [2.45, 2.75) is 4.90 Å². The van der Waals surface area contributed by atoms with Crippen LogP contribution in [0.25, 0.3) is 0 Å². The van der Waals surface area contributed by atoms with Crippen molar-refractivity contribution in [2.75, 3.05) is 13.7 Å². The molecular formula is C10H8BrNO5S. The molecule has 0 spiro atoms. The molecule has 0 unspecified atom stereocenters. The molecule has 0 atom stereocenters. The van der Waals surface area contributed by atoms with E-state index in [0.29, 0.717) is 8.78 Å². The summed E-state index contributed by atoms with van der Waals surface area (Å²) in [7, 11) is -2.85. The zero-order valence-corrected chi connectivity index (χ0v) is 11.6. The SMILES string of the molecule is COC(=O)CN1C(=O)c2ccc(Br)cc2S1(=O)=O. The standard InChI is InChI=1S/C10H8BrNO5S/c1-17-9(13)5-12-10(14)7-3-2-6(11)4-8(7)18(12,15)16/h2-4H,5H2,1H3. The minimum atomic E-state index is -3.97. The number of ether oxygens (including phenoxy) is 1. The molecule has 0 radical (unpaired) electrons. The average Bonchev–Trinajstić information content (AvgIpc) is 2.50. The summed E-state index contributed by atoms with van der Waals surface area (Å²) in [5.74, 6) is -1.51. The average molecular weight is 334 g/mol. The third-order valence-electron chi connectivity index (χ3n) is 2.47. The minimum Gasteiger partial charge on any atom is -0.468 e. The lowest BCUT2D eigenvalue weighted by atomic mass is 10.2. The minimum absolute atomic E-state index is 0.0575. The highest BCUT2D eigenvalue weighted by Gasteiger charge is 2.42. The summed E-state index contributed by atoms with van der Waals surface area (Å²) in [6.45, 7) is -0.621. The number of amides is 1. The van der Waals surface area contributed by atoms with Gasteiger partial charge >= 0.3 is 5.97 Å². The molecule has 18 heavy (non-hydrogen) atoms. The van der Waals surface area contributed by atoms with Crippen LogP contribution in [0, 0.1) is 0 Å². The number of halogens is 1. The van der Waals surface area contributed by atoms with E-state index < -0.39 is 28.4 Å². The van der Waals surface area contributed by atoms with Gasteiger partial charge in [0.05, 0.1) is 12.7 Å². The van der Waals surface area contributed by atoms with Crippen molar-refractivity contribution in [1.82, 2.24) is 4.31 Å². The first-order valence-corrected chi connectivity index (χ1v) is 7.04. The second kappa shape index (κ2) is 4.36. The van der Waals surface area contributed by atoms with Gasteiger partial charge in [0.2, 0.25) is 0 Å². The van der Waals surface area contributed by atoms with Gasteiger partial charge in [-0.1, -0.05) is 15.9 Å². The van der Waals surface area contributed by atoms with E-state index in [1.54, 1.807) is 6.07 Å². The van der Waals surface area contributed by atoms with Crippen LogP contribution in [0.5, 0.6) is 0 Å². The number of carbonyl (C=O) groups is 2. The Bertz CT molecular complexity index is 640. The predicted octanol–water partition coefficient (Wildman–Crippen LogP) is 0.767. The highest BCUT2D eigenvalue weighted by molar-refractivity contribution is 9.10. The molecule has 1 amide bonds. The number of fused-ring (bicyclic) bond motifs is 1. The number of benzene rings is 1. The monoisotopic (exact) mass is 333 g/mol. The van der Waals surface area contributed by atoms with Crippen LogP contribution in [-0.4, -0.2) is 38.3 Å². The maximum absolute atomic E-state index is 12.1. The first-order chi connectivity index (χ1) is 8.37. The van der Waals surface area contributed by atoms with Gasteiger partial charge in [0.15, 0.2) is 0 Å². The van der Waals surface area contributed by atoms with Crippen LogP contribution >= 0.6 is 15.9 Å². The van der Waals surface area contributed by atoms with Crippen LogP contribution in [0.4, 0.5) is 0 Å². The molecular weight excluding hydrogens is 326 g/mol. The van der Waals surface area contributed by atoms with Gasteiger partial charge in [-0.3, -0.25) is 9.59 Å². The number of methoxy groups -OCH3 is 1. The first kappa shape index (κ1) is 13.0. The van der Waals surface area contributed by atoms with Crippen LogP contribution in [0.15, 0.2) is 27.6 Å². The van der Waals surface area contributed by atoms with Crippen LogP contribution < -0.4 is 0 Å². The molecule has 2 rings (SSSR count). The number of carbonyl (C=O) groups excluding carboxylic acids is 2. The molecule has 0 fully saturated rings. The van der Waals surface area contributed by atoms with E-state index in [9.17, 15) is 18.0 Å². The molecule has 1 aromatic rings. The van der Waals surface area contributed by atoms with Gasteiger partial charge in [0.1, 0.15) is 11.4 Å². The maximum Gasteiger partial charge on any atom is 0.326 e. The molecule has 0 bridgehead atoms. The fourth-order valence-corrected chi connectivity index (χ4v) is 3.64. The van der Waals surface area contributed by atoms with Crippen molar-refractivity contribution in [1.29, 1.82) is 0 Å². The fourth-order valence-electron chi connectivity index (χ4n) is 1.59. The molecule has 6 nitrogen and oxygen atoms in total. The van der Waals surface area contributed by atoms with Gasteiger partial charge in [-0.2, -0.15) is 0 Å². The molecule has 0 aliphatic carbocycles. The van der Waals surface area contributed by atoms with Gasteiger partial charge in [-0.05, 0) is 18.2 Å². The Balaban J connectivity index is 2.51. The van der Waals surface area contributed by atoms with Crippen molar-refractivity contribution in [3.05, 3.63) is 28.2 Å². The summed E-state index contributed by atoms with van der Waals surface area (Å²) in [4.78, 5) is 22.9. The summed E-state index contributed by atoms with van der Waals surface area (Å²) in [6, 6.07) is 4.30. The molecule has 1 aromatic carbocycles. The van der Waals surface area contributed by atoms with Crippen molar-refractivity contribution >= 4 is 37.8 Å². The lowest BCUT2D eigenvalue weighted by Crippen LogP contribution is -2.35. The zero-order chi connectivity index (χ0) is 13.5. The number of sulfonamides is 1. The van der Waals surface area contributed by atoms with Gasteiger partial charge in [0, 0.05) is 4.47 Å². The van der Waals surface area contributed by atoms with Crippen molar-refractivity contribution in [3.63, 3.8) is 0 Å². The maximum atomic E-state index is 12.1. The summed E-state index contributed by atoms with van der Waals surface area (Å²) < 4.78 is 29.6. The van der Waals surface area contributed by atoms with Crippen LogP contribution in [0.1, 0.15) is 10.4 Å². The summed E-state index contributed by atoms with van der Waals surface area (Å²) in [5.41, 5.74) is 0.0575. The number of esters is 1. The van der Waals surface area contributed by atoms with E-state index in [1.807, 2.05) is 0 Å². The zero-order valence-electron chi connectivity index (χ0n) is 9.21. The van der Waals surface area contributed by atoms with E-state index in [-0.39, 0.29) is 10.5 Å². The topological polar surface area (TPSA) is 80.8 Å². The second-order valence-electron chi connectivity index (χ2n) is 3.53. The Labute approximate surface area is 112 Å². The van der Waals surface area contributed by atoms with Crippen LogP contribution in [-0.2, 0) is 19.6 Å². The molecule has 0 aromatic heterocycles. The first-order valence-electron chi connectivity index (χ1n) is 4.81. The lowest BCUT2D eigenvalue weighted by Gasteiger charge is -2.12. The number of nitrogens with zero attached hydrogens (tertiary/aromatic N) is 1. The van der Waals surface area contributed by atoms with Crippen molar-refractivity contribution < 1.29 is 22.7 Å². The van der Waals surface area contributed by atoms with Gasteiger partial charge in [-0.25, -0.2) is 12.7 Å². The third kappa shape index (κ3) is 1.91. The van der Waals surface area contributed by atoms with Crippen LogP contribution in [0.2, 0.25) is 0 Å². The summed E-state index contributed by atoms with van der Waals surface area (Å²) >= 11 is 3.14. The van der Waals surface area contributed by atoms with Gasteiger partial charge in [0.25, 0.3) is 15.9 Å². The highest BCUT2D eigenvalue weighted by atomic mass is 79.9. The second-order valence-corrected chi connectivity index (χ2v) is 6.28. The molecule has 0 saturated carbocycles. The molecule has 1 heterocycles. The van der Waals surface area contributed by atoms with E-state index in [1.165, 1.54) is 12.1 Å². The molecule has 96 valence electrons. The quantitative estimate of drug-likeness (QED) is 0.746. The number of rotatable bonds is 2. The Morgan fingerprint density at radius 1 is 1.44 bits per heavy atom. The number of hydrogen-bond acceptors (Lipinski definition) is 5. The Morgan fingerprint density at radius 2 is 2.11 bits per heavy atom. The largest absolute Gasteiger partial charge is 0.468 e. The van der Waals surface area contributed by atoms with E-state index in [4.69, 9.17) is 0 Å². The normalized spacial score (nSPS) is 16.6. The van der Waals surface area contributed by atoms with E-state index in [0.717, 1.165) is 7.11 Å². The molecule has 8 heteroatoms. The molecule has 0 N–H and O–H groups in total. The molecule has 0 saturated heterocycles. The fraction of sp³-hybridized carbons (Fsp3) is 0.200. The van der Waals surface area contributed by atoms with Crippen LogP contribution in [0.3, 0.4) is 0 Å². The summed E-state index contributed by atoms with van der Waals surface area (Å²) in [6.07, 6.45) is 0. The Morgan fingerprint density at radius 3 is 2.72 bits per heavy atom. The predicted molar refractivity (Wildman–Crippen MR) is 64.4 cm³/mol. The van der Waals surface area contributed by atoms with Crippen molar-refractivity contribution in [2.24, 2.45) is 0 Å². The molecule has 1 aliphatic rings. The highest BCUT2D eigenvalue weighted by Crippen LogP contribution is 2.32. The Hall–Kier alpha value is -1.41. The summed E-state index contributed by atoms with van der Waals surface area (Å²) in [5, 5.41) is 0. The van der Waals surface area contributed by atoms with E-state index >= 15 is 0 Å². The lowest BCUT2D eigenvalue weighted by molar-refractivity contribution is -0.140. The van der Waals surface area contributed by atoms with E-state index in [2.05, 4.69) is 20.7 Å². The van der Waals surface area contributed by atoms with Gasteiger partial charge in [-0.15, -0.1) is 0 Å². The van der Waals surface area contributed by atoms with Crippen molar-refractivity contribution in [3.8, 4) is 0 Å². The smallest absolute Gasteiger partial charge is 0.326 e. The molecule has 1 aliphatic heterocycles. The third-order valence-corrected chi connectivity index (χ3v) is 4.73. The number of hydrogen-bond donors (Lipinski definition) is 0. The van der Waals surface area contributed by atoms with Gasteiger partial charge < -0.3 is 4.74 Å². The Kier molecular flexibility index (Phi) is 3.16.